The van der Waals surface area contributed by atoms with E-state index in [0.29, 0.717) is 6.61 Å². The molecule has 0 saturated carbocycles. The van der Waals surface area contributed by atoms with Crippen molar-refractivity contribution in [3.63, 3.8) is 0 Å². The molecule has 0 aliphatic heterocycles. The summed E-state index contributed by atoms with van der Waals surface area (Å²) < 4.78 is 41.5. The number of ether oxygens (including phenoxy) is 1. The van der Waals surface area contributed by atoms with Crippen LogP contribution in [0.1, 0.15) is 6.92 Å². The van der Waals surface area contributed by atoms with Crippen LogP contribution in [0, 0.1) is 10.2 Å². The van der Waals surface area contributed by atoms with Gasteiger partial charge in [-0.05, 0) is 6.92 Å². The summed E-state index contributed by atoms with van der Waals surface area (Å²) in [6, 6.07) is 0. The Morgan fingerprint density at radius 1 is 1.05 bits per heavy atom. The van der Waals surface area contributed by atoms with Gasteiger partial charge in [-0.2, -0.15) is 0 Å². The fourth-order valence-corrected chi connectivity index (χ4v) is 1.22. The van der Waals surface area contributed by atoms with E-state index in [9.17, 15) is 0 Å². The van der Waals surface area contributed by atoms with E-state index in [-0.39, 0.29) is 0 Å². The van der Waals surface area contributed by atoms with Crippen molar-refractivity contribution < 1.29 is 38.2 Å². The van der Waals surface area contributed by atoms with E-state index in [0.717, 1.165) is 11.7 Å². The first-order chi connectivity index (χ1) is 8.90. The van der Waals surface area contributed by atoms with Gasteiger partial charge in [0.1, 0.15) is 19.9 Å². The van der Waals surface area contributed by atoms with E-state index in [1.54, 1.807) is 0 Å². The highest BCUT2D eigenvalue weighted by atomic mass is 35.7. The first-order valence-corrected chi connectivity index (χ1v) is 6.98. The minimum Gasteiger partial charge on any atom is -0.445 e. The maximum Gasteiger partial charge on any atom is 0.365 e. The summed E-state index contributed by atoms with van der Waals surface area (Å²) in [4.78, 5) is 4.12. The van der Waals surface area contributed by atoms with Gasteiger partial charge in [-0.3, -0.25) is 0 Å². The van der Waals surface area contributed by atoms with Crippen molar-refractivity contribution in [1.29, 1.82) is 0 Å². The van der Waals surface area contributed by atoms with Gasteiger partial charge in [-0.25, -0.2) is 23.2 Å². The molecule has 0 aromatic heterocycles. The largest absolute Gasteiger partial charge is 0.445 e. The second-order valence-electron chi connectivity index (χ2n) is 4.34. The molecule has 0 spiro atoms. The number of hydrogen-bond acceptors (Lipinski definition) is 7. The zero-order chi connectivity index (χ0) is 16.5. The molecule has 0 saturated heterocycles. The zero-order valence-electron chi connectivity index (χ0n) is 13.0. The van der Waals surface area contributed by atoms with Crippen LogP contribution in [0.3, 0.4) is 0 Å². The molecule has 0 unspecified atom stereocenters. The van der Waals surface area contributed by atoms with Crippen LogP contribution in [0.15, 0.2) is 11.9 Å². The third-order valence-electron chi connectivity index (χ3n) is 1.90. The third-order valence-corrected chi connectivity index (χ3v) is 1.90. The van der Waals surface area contributed by atoms with Crippen LogP contribution in [-0.4, -0.2) is 69.2 Å². The minimum atomic E-state index is -4.94. The van der Waals surface area contributed by atoms with E-state index in [2.05, 4.69) is 9.80 Å². The van der Waals surface area contributed by atoms with Gasteiger partial charge in [0.15, 0.2) is 0 Å². The van der Waals surface area contributed by atoms with E-state index >= 15 is 0 Å². The van der Waals surface area contributed by atoms with Crippen LogP contribution in [0.2, 0.25) is 0 Å². The van der Waals surface area contributed by atoms with Crippen molar-refractivity contribution in [3.05, 3.63) is 11.9 Å². The van der Waals surface area contributed by atoms with Gasteiger partial charge in [0.25, 0.3) is 0 Å². The van der Waals surface area contributed by atoms with Crippen LogP contribution in [0.5, 0.6) is 0 Å². The van der Waals surface area contributed by atoms with Crippen molar-refractivity contribution in [2.45, 2.75) is 6.92 Å². The molecular formula is C11H24ClN3O5. The predicted molar refractivity (Wildman–Crippen MR) is 64.2 cm³/mol. The molecule has 0 fully saturated rings. The first kappa shape index (κ1) is 21.2. The quantitative estimate of drug-likeness (QED) is 0.295. The maximum atomic E-state index is 8.49. The van der Waals surface area contributed by atoms with Crippen LogP contribution in [0.25, 0.3) is 0 Å². The van der Waals surface area contributed by atoms with Gasteiger partial charge in [0.05, 0.1) is 12.7 Å². The Morgan fingerprint density at radius 3 is 1.60 bits per heavy atom. The van der Waals surface area contributed by atoms with Gasteiger partial charge < -0.3 is 14.5 Å². The second kappa shape index (κ2) is 9.78. The van der Waals surface area contributed by atoms with Gasteiger partial charge in [0.2, 0.25) is 0 Å². The summed E-state index contributed by atoms with van der Waals surface area (Å²) >= 11 is 0. The van der Waals surface area contributed by atoms with Crippen molar-refractivity contribution in [2.24, 2.45) is 0 Å². The predicted octanol–water partition coefficient (Wildman–Crippen LogP) is -4.10. The smallest absolute Gasteiger partial charge is 0.365 e. The molecule has 0 N–H and O–H groups in total. The normalized spacial score (nSPS) is 9.95. The standard InChI is InChI=1S/C11H24N3O.ClHO4/c1-8-15-11(14(6)7)9-10(12(2)3)13(4)5;2-1(3,4)5/h9H,8H2,1-7H3;(H,2,3,4,5)/q+1;/p-1. The van der Waals surface area contributed by atoms with Gasteiger partial charge in [0, 0.05) is 28.2 Å². The minimum absolute atomic E-state index is 0.679. The summed E-state index contributed by atoms with van der Waals surface area (Å²) in [5.41, 5.74) is 0. The zero-order valence-corrected chi connectivity index (χ0v) is 13.8. The SMILES string of the molecule is CCOC(C=C(N(C)C)N(C)C)=[N+](C)C.[O-][Cl+3]([O-])([O-])[O-]. The van der Waals surface area contributed by atoms with Crippen LogP contribution in [0.4, 0.5) is 0 Å². The second-order valence-corrected chi connectivity index (χ2v) is 5.09. The molecule has 9 heteroatoms. The molecule has 0 radical (unpaired) electrons. The molecule has 20 heavy (non-hydrogen) atoms. The molecule has 0 bridgehead atoms. The Balaban J connectivity index is 0. The molecule has 120 valence electrons. The fraction of sp³-hybridized carbons (Fsp3) is 0.727. The molecule has 0 rings (SSSR count). The molecule has 0 heterocycles. The Labute approximate surface area is 122 Å². The molecule has 0 aliphatic rings. The van der Waals surface area contributed by atoms with Crippen LogP contribution < -0.4 is 18.6 Å². The lowest BCUT2D eigenvalue weighted by Crippen LogP contribution is -2.68. The molecule has 0 aromatic carbocycles. The average Bonchev–Trinajstić information content (AvgIpc) is 2.19. The molecule has 0 amide bonds. The highest BCUT2D eigenvalue weighted by molar-refractivity contribution is 5.83. The fourth-order valence-electron chi connectivity index (χ4n) is 1.22. The summed E-state index contributed by atoms with van der Waals surface area (Å²) in [5.74, 6) is 1.97. The Bertz CT molecular complexity index is 317. The molecule has 8 nitrogen and oxygen atoms in total. The number of nitrogens with zero attached hydrogens (tertiary/aromatic N) is 3. The van der Waals surface area contributed by atoms with E-state index in [1.165, 1.54) is 0 Å². The van der Waals surface area contributed by atoms with Crippen LogP contribution in [-0.2, 0) is 4.74 Å². The number of halogens is 1. The van der Waals surface area contributed by atoms with Crippen molar-refractivity contribution >= 4 is 5.90 Å². The first-order valence-electron chi connectivity index (χ1n) is 5.75. The topological polar surface area (TPSA) is 111 Å². The molecular weight excluding hydrogens is 290 g/mol. The average molecular weight is 314 g/mol. The Kier molecular flexibility index (Phi) is 10.4. The van der Waals surface area contributed by atoms with Gasteiger partial charge in [-0.15, -0.1) is 10.2 Å². The number of rotatable bonds is 4. The molecule has 0 aromatic rings. The maximum absolute atomic E-state index is 8.49. The van der Waals surface area contributed by atoms with E-state index in [1.807, 2.05) is 59.9 Å². The van der Waals surface area contributed by atoms with Crippen molar-refractivity contribution in [1.82, 2.24) is 9.80 Å². The van der Waals surface area contributed by atoms with Crippen molar-refractivity contribution in [2.75, 3.05) is 48.9 Å². The monoisotopic (exact) mass is 313 g/mol. The molecule has 0 atom stereocenters. The Morgan fingerprint density at radius 2 is 1.40 bits per heavy atom. The van der Waals surface area contributed by atoms with Gasteiger partial charge in [-0.1, -0.05) is 0 Å². The van der Waals surface area contributed by atoms with Crippen molar-refractivity contribution in [3.8, 4) is 0 Å². The summed E-state index contributed by atoms with van der Waals surface area (Å²) in [6.45, 7) is 2.67. The lowest BCUT2D eigenvalue weighted by Gasteiger charge is -2.24. The summed E-state index contributed by atoms with van der Waals surface area (Å²) in [6.07, 6.45) is 2.03. The lowest BCUT2D eigenvalue weighted by atomic mass is 10.4. The molecule has 0 aliphatic carbocycles. The Hall–Kier alpha value is -1.06. The summed E-state index contributed by atoms with van der Waals surface area (Å²) in [7, 11) is 7.08. The highest BCUT2D eigenvalue weighted by Crippen LogP contribution is 2.02. The van der Waals surface area contributed by atoms with Gasteiger partial charge >= 0.3 is 5.90 Å². The van der Waals surface area contributed by atoms with E-state index < -0.39 is 10.2 Å². The summed E-state index contributed by atoms with van der Waals surface area (Å²) in [5, 5.41) is 0. The highest BCUT2D eigenvalue weighted by Gasteiger charge is 2.10. The van der Waals surface area contributed by atoms with E-state index in [4.69, 9.17) is 23.4 Å². The lowest BCUT2D eigenvalue weighted by molar-refractivity contribution is -2.00. The number of hydrogen-bond donors (Lipinski definition) is 0. The third kappa shape index (κ3) is 13.4. The van der Waals surface area contributed by atoms with Crippen LogP contribution >= 0.6 is 0 Å².